The molecule has 3 saturated heterocycles. The Balaban J connectivity index is 1.61. The molecule has 0 bridgehead atoms. The van der Waals surface area contributed by atoms with Gasteiger partial charge >= 0.3 is 0 Å². The second-order valence-corrected chi connectivity index (χ2v) is 8.27. The summed E-state index contributed by atoms with van der Waals surface area (Å²) in [5.41, 5.74) is 3.83. The van der Waals surface area contributed by atoms with E-state index in [0.29, 0.717) is 17.6 Å². The third kappa shape index (κ3) is 3.03. The SMILES string of the molecule is CN1CC(CN2CCCC3CC(C(C)(C)C)NC32)CN1. The molecule has 0 amide bonds. The van der Waals surface area contributed by atoms with E-state index in [4.69, 9.17) is 0 Å². The van der Waals surface area contributed by atoms with Gasteiger partial charge in [0.05, 0.1) is 6.17 Å². The van der Waals surface area contributed by atoms with Crippen molar-refractivity contribution in [3.05, 3.63) is 0 Å². The zero-order chi connectivity index (χ0) is 14.3. The predicted molar refractivity (Wildman–Crippen MR) is 83.2 cm³/mol. The molecular weight excluding hydrogens is 248 g/mol. The number of likely N-dealkylation sites (tertiary alicyclic amines) is 1. The second kappa shape index (κ2) is 5.56. The Bertz CT molecular complexity index is 338. The Hall–Kier alpha value is -0.160. The first-order valence-corrected chi connectivity index (χ1v) is 8.38. The van der Waals surface area contributed by atoms with E-state index in [9.17, 15) is 0 Å². The van der Waals surface area contributed by atoms with Crippen LogP contribution in [0, 0.1) is 17.3 Å². The highest BCUT2D eigenvalue weighted by atomic mass is 15.5. The number of fused-ring (bicyclic) bond motifs is 1. The van der Waals surface area contributed by atoms with Crippen molar-refractivity contribution in [3.63, 3.8) is 0 Å². The van der Waals surface area contributed by atoms with Gasteiger partial charge in [0.1, 0.15) is 0 Å². The van der Waals surface area contributed by atoms with Gasteiger partial charge in [-0.1, -0.05) is 20.8 Å². The highest BCUT2D eigenvalue weighted by Crippen LogP contribution is 2.38. The van der Waals surface area contributed by atoms with Crippen molar-refractivity contribution < 1.29 is 0 Å². The summed E-state index contributed by atoms with van der Waals surface area (Å²) in [6, 6.07) is 0.683. The molecule has 0 radical (unpaired) electrons. The molecule has 3 rings (SSSR count). The van der Waals surface area contributed by atoms with Gasteiger partial charge in [-0.3, -0.25) is 15.6 Å². The van der Waals surface area contributed by atoms with Gasteiger partial charge in [0.25, 0.3) is 0 Å². The number of rotatable bonds is 2. The van der Waals surface area contributed by atoms with Gasteiger partial charge in [0, 0.05) is 32.7 Å². The quantitative estimate of drug-likeness (QED) is 0.802. The van der Waals surface area contributed by atoms with Crippen LogP contribution >= 0.6 is 0 Å². The van der Waals surface area contributed by atoms with Gasteiger partial charge in [-0.2, -0.15) is 0 Å². The van der Waals surface area contributed by atoms with Crippen molar-refractivity contribution in [2.24, 2.45) is 17.3 Å². The highest BCUT2D eigenvalue weighted by molar-refractivity contribution is 4.98. The van der Waals surface area contributed by atoms with Crippen LogP contribution in [0.15, 0.2) is 0 Å². The summed E-state index contributed by atoms with van der Waals surface area (Å²) in [6.07, 6.45) is 4.81. The number of piperidine rings is 1. The Labute approximate surface area is 124 Å². The van der Waals surface area contributed by atoms with Crippen molar-refractivity contribution in [3.8, 4) is 0 Å². The molecule has 4 nitrogen and oxygen atoms in total. The first-order valence-electron chi connectivity index (χ1n) is 8.38. The molecule has 0 aliphatic carbocycles. The highest BCUT2D eigenvalue weighted by Gasteiger charge is 2.43. The van der Waals surface area contributed by atoms with E-state index in [1.165, 1.54) is 38.9 Å². The molecular formula is C16H32N4. The monoisotopic (exact) mass is 280 g/mol. The van der Waals surface area contributed by atoms with E-state index < -0.39 is 0 Å². The summed E-state index contributed by atoms with van der Waals surface area (Å²) in [5, 5.41) is 6.20. The third-order valence-corrected chi connectivity index (χ3v) is 5.49. The Kier molecular flexibility index (Phi) is 4.10. The molecule has 0 spiro atoms. The van der Waals surface area contributed by atoms with Crippen LogP contribution in [0.1, 0.15) is 40.0 Å². The maximum Gasteiger partial charge on any atom is 0.0629 e. The molecule has 116 valence electrons. The molecule has 0 aromatic heterocycles. The molecule has 0 saturated carbocycles. The smallest absolute Gasteiger partial charge is 0.0629 e. The maximum absolute atomic E-state index is 3.96. The van der Waals surface area contributed by atoms with Gasteiger partial charge in [-0.25, -0.2) is 5.01 Å². The Morgan fingerprint density at radius 2 is 2.05 bits per heavy atom. The van der Waals surface area contributed by atoms with E-state index in [-0.39, 0.29) is 0 Å². The summed E-state index contributed by atoms with van der Waals surface area (Å²) in [5.74, 6) is 1.66. The van der Waals surface area contributed by atoms with Crippen LogP contribution in [0.5, 0.6) is 0 Å². The zero-order valence-corrected chi connectivity index (χ0v) is 13.7. The van der Waals surface area contributed by atoms with Crippen molar-refractivity contribution in [2.75, 3.05) is 33.2 Å². The Morgan fingerprint density at radius 1 is 1.25 bits per heavy atom. The fourth-order valence-electron chi connectivity index (χ4n) is 4.28. The van der Waals surface area contributed by atoms with Gasteiger partial charge in [-0.05, 0) is 43.1 Å². The first-order chi connectivity index (χ1) is 9.43. The Morgan fingerprint density at radius 3 is 2.70 bits per heavy atom. The molecule has 2 N–H and O–H groups in total. The fraction of sp³-hybridized carbons (Fsp3) is 1.00. The van der Waals surface area contributed by atoms with Crippen LogP contribution in [0.2, 0.25) is 0 Å². The normalized spacial score (nSPS) is 40.2. The number of hydrogen-bond donors (Lipinski definition) is 2. The lowest BCUT2D eigenvalue weighted by atomic mass is 9.83. The topological polar surface area (TPSA) is 30.5 Å². The lowest BCUT2D eigenvalue weighted by molar-refractivity contribution is 0.0817. The third-order valence-electron chi connectivity index (χ3n) is 5.49. The minimum atomic E-state index is 0.387. The lowest BCUT2D eigenvalue weighted by Crippen LogP contribution is -2.53. The van der Waals surface area contributed by atoms with E-state index in [1.807, 2.05) is 0 Å². The molecule has 0 aromatic rings. The largest absolute Gasteiger partial charge is 0.298 e. The molecule has 4 unspecified atom stereocenters. The molecule has 3 aliphatic heterocycles. The number of nitrogens with zero attached hydrogens (tertiary/aromatic N) is 2. The predicted octanol–water partition coefficient (Wildman–Crippen LogP) is 1.50. The molecule has 4 heteroatoms. The second-order valence-electron chi connectivity index (χ2n) is 8.27. The minimum Gasteiger partial charge on any atom is -0.298 e. The van der Waals surface area contributed by atoms with Gasteiger partial charge in [0.2, 0.25) is 0 Å². The summed E-state index contributed by atoms with van der Waals surface area (Å²) < 4.78 is 0. The minimum absolute atomic E-state index is 0.387. The molecule has 3 aliphatic rings. The number of hydrogen-bond acceptors (Lipinski definition) is 4. The molecule has 0 aromatic carbocycles. The van der Waals surface area contributed by atoms with Crippen LogP contribution in [-0.4, -0.2) is 55.3 Å². The van der Waals surface area contributed by atoms with Gasteiger partial charge in [-0.15, -0.1) is 0 Å². The van der Waals surface area contributed by atoms with Crippen molar-refractivity contribution >= 4 is 0 Å². The van der Waals surface area contributed by atoms with Crippen LogP contribution in [-0.2, 0) is 0 Å². The van der Waals surface area contributed by atoms with E-state index in [2.05, 4.69) is 48.5 Å². The average molecular weight is 280 g/mol. The van der Waals surface area contributed by atoms with E-state index in [0.717, 1.165) is 18.4 Å². The summed E-state index contributed by atoms with van der Waals surface area (Å²) >= 11 is 0. The van der Waals surface area contributed by atoms with Crippen LogP contribution in [0.25, 0.3) is 0 Å². The van der Waals surface area contributed by atoms with Crippen LogP contribution in [0.4, 0.5) is 0 Å². The first kappa shape index (κ1) is 14.8. The van der Waals surface area contributed by atoms with Gasteiger partial charge in [0.15, 0.2) is 0 Å². The zero-order valence-electron chi connectivity index (χ0n) is 13.7. The summed E-state index contributed by atoms with van der Waals surface area (Å²) in [7, 11) is 2.16. The fourth-order valence-corrected chi connectivity index (χ4v) is 4.28. The average Bonchev–Trinajstić information content (AvgIpc) is 2.95. The molecule has 20 heavy (non-hydrogen) atoms. The van der Waals surface area contributed by atoms with Crippen LogP contribution in [0.3, 0.4) is 0 Å². The van der Waals surface area contributed by atoms with Gasteiger partial charge < -0.3 is 0 Å². The van der Waals surface area contributed by atoms with E-state index >= 15 is 0 Å². The number of hydrazine groups is 1. The number of nitrogens with one attached hydrogen (secondary N) is 2. The molecule has 3 fully saturated rings. The van der Waals surface area contributed by atoms with Crippen molar-refractivity contribution in [2.45, 2.75) is 52.2 Å². The summed E-state index contributed by atoms with van der Waals surface area (Å²) in [4.78, 5) is 2.74. The van der Waals surface area contributed by atoms with E-state index in [1.54, 1.807) is 0 Å². The lowest BCUT2D eigenvalue weighted by Gasteiger charge is -2.39. The molecule has 4 atom stereocenters. The standard InChI is InChI=1S/C16H32N4/c1-16(2,3)14-8-13-6-5-7-20(15(13)18-14)11-12-9-17-19(4)10-12/h12-15,17-18H,5-11H2,1-4H3. The maximum atomic E-state index is 3.96. The molecule has 3 heterocycles. The van der Waals surface area contributed by atoms with Crippen LogP contribution < -0.4 is 10.7 Å². The summed E-state index contributed by atoms with van der Waals surface area (Å²) in [6.45, 7) is 12.0. The van der Waals surface area contributed by atoms with Crippen molar-refractivity contribution in [1.82, 2.24) is 20.7 Å². The van der Waals surface area contributed by atoms with Crippen molar-refractivity contribution in [1.29, 1.82) is 0 Å².